The molecule has 1 heterocycles. The summed E-state index contributed by atoms with van der Waals surface area (Å²) in [6, 6.07) is 2.95. The Bertz CT molecular complexity index is 782. The quantitative estimate of drug-likeness (QED) is 0.612. The summed E-state index contributed by atoms with van der Waals surface area (Å²) in [7, 11) is 0. The van der Waals surface area contributed by atoms with E-state index in [0.29, 0.717) is 24.9 Å². The number of amides is 3. The maximum absolute atomic E-state index is 13.3. The fraction of sp³-hybridized carbons (Fsp3) is 0.450. The first-order valence-electron chi connectivity index (χ1n) is 9.07. The number of halogens is 2. The largest absolute Gasteiger partial charge is 0.324 e. The molecule has 0 spiro atoms. The molecule has 3 atom stereocenters. The Morgan fingerprint density at radius 3 is 2.33 bits per heavy atom. The lowest BCUT2D eigenvalue weighted by Crippen LogP contribution is -2.48. The molecule has 0 aromatic heterocycles. The van der Waals surface area contributed by atoms with E-state index in [2.05, 4.69) is 5.32 Å². The number of fused-ring (bicyclic) bond motifs is 1. The lowest BCUT2D eigenvalue weighted by Gasteiger charge is -2.27. The number of carbonyl (C=O) groups is 3. The summed E-state index contributed by atoms with van der Waals surface area (Å²) in [5.41, 5.74) is 0.318. The minimum atomic E-state index is -0.903. The molecule has 3 rings (SSSR count). The van der Waals surface area contributed by atoms with Crippen molar-refractivity contribution >= 4 is 35.0 Å². The Balaban J connectivity index is 1.85. The molecule has 0 unspecified atom stereocenters. The molecule has 3 amide bonds. The molecule has 1 aliphatic carbocycles. The van der Waals surface area contributed by atoms with Crippen molar-refractivity contribution < 1.29 is 18.8 Å². The zero-order valence-corrected chi connectivity index (χ0v) is 16.0. The van der Waals surface area contributed by atoms with Gasteiger partial charge in [-0.25, -0.2) is 4.39 Å². The summed E-state index contributed by atoms with van der Waals surface area (Å²) in [4.78, 5) is 39.8. The van der Waals surface area contributed by atoms with Gasteiger partial charge in [0.2, 0.25) is 17.7 Å². The zero-order valence-electron chi connectivity index (χ0n) is 15.2. The zero-order chi connectivity index (χ0) is 19.7. The number of imide groups is 1. The third-order valence-electron chi connectivity index (χ3n) is 5.04. The van der Waals surface area contributed by atoms with Gasteiger partial charge in [-0.2, -0.15) is 0 Å². The van der Waals surface area contributed by atoms with Crippen LogP contribution in [-0.4, -0.2) is 28.7 Å². The van der Waals surface area contributed by atoms with E-state index in [1.165, 1.54) is 12.1 Å². The van der Waals surface area contributed by atoms with Crippen molar-refractivity contribution in [3.63, 3.8) is 0 Å². The number of benzene rings is 1. The van der Waals surface area contributed by atoms with Gasteiger partial charge in [0, 0.05) is 5.69 Å². The molecule has 1 N–H and O–H groups in total. The molecule has 1 aromatic carbocycles. The van der Waals surface area contributed by atoms with E-state index in [9.17, 15) is 18.8 Å². The van der Waals surface area contributed by atoms with Crippen molar-refractivity contribution in [3.8, 4) is 0 Å². The van der Waals surface area contributed by atoms with Gasteiger partial charge < -0.3 is 5.32 Å². The lowest BCUT2D eigenvalue weighted by molar-refractivity contribution is -0.147. The molecule has 144 valence electrons. The van der Waals surface area contributed by atoms with Crippen molar-refractivity contribution in [1.29, 1.82) is 0 Å². The molecule has 1 saturated heterocycles. The normalized spacial score (nSPS) is 22.9. The summed E-state index contributed by atoms with van der Waals surface area (Å²) in [5.74, 6) is -2.30. The Kier molecular flexibility index (Phi) is 5.65. The summed E-state index contributed by atoms with van der Waals surface area (Å²) in [5, 5.41) is 2.55. The minimum absolute atomic E-state index is 0.0962. The predicted molar refractivity (Wildman–Crippen MR) is 100 cm³/mol. The average Bonchev–Trinajstić information content (AvgIpc) is 2.87. The summed E-state index contributed by atoms with van der Waals surface area (Å²) < 4.78 is 13.3. The standard InChI is InChI=1S/C20H22ClFN2O3/c1-11(2)9-17(18(25)23-12-7-8-16(22)15(21)10-12)24-19(26)13-5-3-4-6-14(13)20(24)27/h3-4,7-8,10-11,13-14,17H,5-6,9H2,1-2H3,(H,23,25)/t13-,14+,17-/m1/s1. The molecule has 1 fully saturated rings. The maximum atomic E-state index is 13.3. The van der Waals surface area contributed by atoms with Gasteiger partial charge in [-0.3, -0.25) is 19.3 Å². The average molecular weight is 393 g/mol. The number of carbonyl (C=O) groups excluding carboxylic acids is 3. The van der Waals surface area contributed by atoms with Gasteiger partial charge in [-0.15, -0.1) is 0 Å². The second kappa shape index (κ2) is 7.80. The SMILES string of the molecule is CC(C)C[C@H](C(=O)Nc1ccc(F)c(Cl)c1)N1C(=O)[C@H]2CC=CC[C@H]2C1=O. The van der Waals surface area contributed by atoms with E-state index in [1.54, 1.807) is 0 Å². The molecule has 5 nitrogen and oxygen atoms in total. The fourth-order valence-electron chi connectivity index (χ4n) is 3.71. The lowest BCUT2D eigenvalue weighted by atomic mass is 9.85. The summed E-state index contributed by atoms with van der Waals surface area (Å²) >= 11 is 5.77. The second-order valence-corrected chi connectivity index (χ2v) is 7.87. The van der Waals surface area contributed by atoms with E-state index < -0.39 is 17.8 Å². The van der Waals surface area contributed by atoms with Gasteiger partial charge in [-0.05, 0) is 43.4 Å². The number of hydrogen-bond donors (Lipinski definition) is 1. The van der Waals surface area contributed by atoms with Gasteiger partial charge in [0.25, 0.3) is 0 Å². The molecule has 1 aliphatic heterocycles. The Labute approximate surface area is 162 Å². The highest BCUT2D eigenvalue weighted by molar-refractivity contribution is 6.31. The Morgan fingerprint density at radius 2 is 1.81 bits per heavy atom. The number of rotatable bonds is 5. The molecule has 0 bridgehead atoms. The topological polar surface area (TPSA) is 66.5 Å². The first-order valence-corrected chi connectivity index (χ1v) is 9.45. The van der Waals surface area contributed by atoms with Crippen molar-refractivity contribution in [3.05, 3.63) is 41.2 Å². The highest BCUT2D eigenvalue weighted by atomic mass is 35.5. The minimum Gasteiger partial charge on any atom is -0.324 e. The van der Waals surface area contributed by atoms with E-state index in [-0.39, 0.29) is 34.6 Å². The third-order valence-corrected chi connectivity index (χ3v) is 5.33. The van der Waals surface area contributed by atoms with E-state index in [1.807, 2.05) is 26.0 Å². The van der Waals surface area contributed by atoms with Gasteiger partial charge in [-0.1, -0.05) is 37.6 Å². The van der Waals surface area contributed by atoms with Gasteiger partial charge in [0.1, 0.15) is 11.9 Å². The molecular formula is C20H22ClFN2O3. The smallest absolute Gasteiger partial charge is 0.247 e. The molecular weight excluding hydrogens is 371 g/mol. The highest BCUT2D eigenvalue weighted by Gasteiger charge is 2.51. The maximum Gasteiger partial charge on any atom is 0.247 e. The molecule has 0 saturated carbocycles. The number of nitrogens with one attached hydrogen (secondary N) is 1. The Morgan fingerprint density at radius 1 is 1.22 bits per heavy atom. The first kappa shape index (κ1) is 19.5. The van der Waals surface area contributed by atoms with Gasteiger partial charge in [0.15, 0.2) is 0 Å². The number of nitrogens with zero attached hydrogens (tertiary/aromatic N) is 1. The molecule has 2 aliphatic rings. The van der Waals surface area contributed by atoms with Crippen LogP contribution in [0.1, 0.15) is 33.1 Å². The number of likely N-dealkylation sites (tertiary alicyclic amines) is 1. The van der Waals surface area contributed by atoms with E-state index in [4.69, 9.17) is 11.6 Å². The van der Waals surface area contributed by atoms with Crippen LogP contribution in [0.4, 0.5) is 10.1 Å². The summed E-state index contributed by atoms with van der Waals surface area (Å²) in [6.07, 6.45) is 5.22. The van der Waals surface area contributed by atoms with Crippen LogP contribution in [0, 0.1) is 23.6 Å². The number of allylic oxidation sites excluding steroid dienone is 2. The highest BCUT2D eigenvalue weighted by Crippen LogP contribution is 2.37. The van der Waals surface area contributed by atoms with Gasteiger partial charge in [0.05, 0.1) is 16.9 Å². The fourth-order valence-corrected chi connectivity index (χ4v) is 3.89. The molecule has 7 heteroatoms. The van der Waals surface area contributed by atoms with Crippen LogP contribution in [0.2, 0.25) is 5.02 Å². The van der Waals surface area contributed by atoms with Crippen molar-refractivity contribution in [2.24, 2.45) is 17.8 Å². The van der Waals surface area contributed by atoms with E-state index in [0.717, 1.165) is 11.0 Å². The molecule has 0 radical (unpaired) electrons. The van der Waals surface area contributed by atoms with Crippen molar-refractivity contribution in [2.75, 3.05) is 5.32 Å². The predicted octanol–water partition coefficient (Wildman–Crippen LogP) is 3.78. The van der Waals surface area contributed by atoms with Crippen LogP contribution in [0.25, 0.3) is 0 Å². The summed E-state index contributed by atoms with van der Waals surface area (Å²) in [6.45, 7) is 3.85. The number of anilines is 1. The van der Waals surface area contributed by atoms with Crippen LogP contribution >= 0.6 is 11.6 Å². The van der Waals surface area contributed by atoms with Crippen LogP contribution < -0.4 is 5.32 Å². The Hall–Kier alpha value is -2.21. The van der Waals surface area contributed by atoms with Crippen molar-refractivity contribution in [1.82, 2.24) is 4.90 Å². The molecule has 27 heavy (non-hydrogen) atoms. The number of hydrogen-bond acceptors (Lipinski definition) is 3. The second-order valence-electron chi connectivity index (χ2n) is 7.47. The van der Waals surface area contributed by atoms with E-state index >= 15 is 0 Å². The monoisotopic (exact) mass is 392 g/mol. The van der Waals surface area contributed by atoms with Crippen LogP contribution in [0.5, 0.6) is 0 Å². The third kappa shape index (κ3) is 3.90. The van der Waals surface area contributed by atoms with Gasteiger partial charge >= 0.3 is 0 Å². The van der Waals surface area contributed by atoms with Crippen LogP contribution in [-0.2, 0) is 14.4 Å². The first-order chi connectivity index (χ1) is 12.8. The van der Waals surface area contributed by atoms with Crippen LogP contribution in [0.15, 0.2) is 30.4 Å². The molecule has 1 aromatic rings. The van der Waals surface area contributed by atoms with Crippen molar-refractivity contribution in [2.45, 2.75) is 39.2 Å². The van der Waals surface area contributed by atoms with Crippen LogP contribution in [0.3, 0.4) is 0 Å².